The number of nitrogens with zero attached hydrogens (tertiary/aromatic N) is 3. The van der Waals surface area contributed by atoms with Crippen LogP contribution in [0.25, 0.3) is 0 Å². The Morgan fingerprint density at radius 1 is 1.44 bits per heavy atom. The SMILES string of the molecule is CC(=O)CC1C(C#N)=CC([N+](=O)[O-])C=C1[N+](=O)[O-]. The molecule has 0 aliphatic heterocycles. The van der Waals surface area contributed by atoms with Gasteiger partial charge in [0, 0.05) is 23.0 Å². The lowest BCUT2D eigenvalue weighted by Crippen LogP contribution is -2.27. The van der Waals surface area contributed by atoms with E-state index in [1.54, 1.807) is 6.07 Å². The van der Waals surface area contributed by atoms with Gasteiger partial charge in [-0.15, -0.1) is 0 Å². The average molecular weight is 251 g/mol. The van der Waals surface area contributed by atoms with Crippen molar-refractivity contribution in [3.8, 4) is 6.07 Å². The highest BCUT2D eigenvalue weighted by molar-refractivity contribution is 5.76. The predicted octanol–water partition coefficient (Wildman–Crippen LogP) is 0.851. The number of carbonyl (C=O) groups excluding carboxylic acids is 1. The summed E-state index contributed by atoms with van der Waals surface area (Å²) < 4.78 is 0. The zero-order valence-corrected chi connectivity index (χ0v) is 9.40. The molecule has 0 bridgehead atoms. The number of nitriles is 1. The van der Waals surface area contributed by atoms with Gasteiger partial charge in [-0.1, -0.05) is 0 Å². The molecule has 8 heteroatoms. The summed E-state index contributed by atoms with van der Waals surface area (Å²) in [4.78, 5) is 31.0. The van der Waals surface area contributed by atoms with Gasteiger partial charge >= 0.3 is 0 Å². The van der Waals surface area contributed by atoms with Crippen LogP contribution in [0.4, 0.5) is 0 Å². The summed E-state index contributed by atoms with van der Waals surface area (Å²) in [7, 11) is 0. The number of allylic oxidation sites excluding steroid dienone is 1. The second kappa shape index (κ2) is 5.18. The maximum absolute atomic E-state index is 11.0. The lowest BCUT2D eigenvalue weighted by molar-refractivity contribution is -0.501. The summed E-state index contributed by atoms with van der Waals surface area (Å²) >= 11 is 0. The molecule has 0 heterocycles. The maximum Gasteiger partial charge on any atom is 0.258 e. The highest BCUT2D eigenvalue weighted by Crippen LogP contribution is 2.30. The summed E-state index contributed by atoms with van der Waals surface area (Å²) in [6, 6.07) is 0.288. The molecule has 0 radical (unpaired) electrons. The lowest BCUT2D eigenvalue weighted by Gasteiger charge is -2.16. The number of hydrogen-bond donors (Lipinski definition) is 0. The van der Waals surface area contributed by atoms with Crippen molar-refractivity contribution in [3.63, 3.8) is 0 Å². The van der Waals surface area contributed by atoms with Gasteiger partial charge in [-0.05, 0) is 6.92 Å². The third kappa shape index (κ3) is 2.76. The molecule has 2 atom stereocenters. The Labute approximate surface area is 101 Å². The molecule has 1 rings (SSSR count). The minimum atomic E-state index is -1.40. The van der Waals surface area contributed by atoms with Gasteiger partial charge in [0.2, 0.25) is 0 Å². The number of hydrogen-bond acceptors (Lipinski definition) is 6. The molecular formula is C10H9N3O5. The largest absolute Gasteiger partial charge is 0.300 e. The van der Waals surface area contributed by atoms with Crippen molar-refractivity contribution in [2.75, 3.05) is 0 Å². The van der Waals surface area contributed by atoms with Crippen LogP contribution in [-0.2, 0) is 4.79 Å². The van der Waals surface area contributed by atoms with Crippen LogP contribution in [0.15, 0.2) is 23.4 Å². The first kappa shape index (κ1) is 13.5. The molecule has 0 N–H and O–H groups in total. The van der Waals surface area contributed by atoms with Crippen LogP contribution in [0.1, 0.15) is 13.3 Å². The van der Waals surface area contributed by atoms with E-state index in [0.29, 0.717) is 0 Å². The minimum Gasteiger partial charge on any atom is -0.300 e. The first-order valence-electron chi connectivity index (χ1n) is 4.97. The van der Waals surface area contributed by atoms with Gasteiger partial charge in [0.15, 0.2) is 0 Å². The minimum absolute atomic E-state index is 0.110. The van der Waals surface area contributed by atoms with Crippen molar-refractivity contribution >= 4 is 5.78 Å². The monoisotopic (exact) mass is 251 g/mol. The van der Waals surface area contributed by atoms with E-state index in [-0.39, 0.29) is 17.8 Å². The number of nitro groups is 2. The van der Waals surface area contributed by atoms with Crippen molar-refractivity contribution in [2.45, 2.75) is 19.4 Å². The van der Waals surface area contributed by atoms with Crippen molar-refractivity contribution in [3.05, 3.63) is 43.7 Å². The molecule has 0 aromatic heterocycles. The van der Waals surface area contributed by atoms with E-state index in [0.717, 1.165) is 12.2 Å². The fourth-order valence-corrected chi connectivity index (χ4v) is 1.73. The summed E-state index contributed by atoms with van der Waals surface area (Å²) in [6.45, 7) is 1.24. The molecule has 0 fully saturated rings. The van der Waals surface area contributed by atoms with Crippen LogP contribution in [0.2, 0.25) is 0 Å². The second-order valence-electron chi connectivity index (χ2n) is 3.82. The maximum atomic E-state index is 11.0. The van der Waals surface area contributed by atoms with Crippen LogP contribution < -0.4 is 0 Å². The van der Waals surface area contributed by atoms with Gasteiger partial charge in [-0.2, -0.15) is 5.26 Å². The Kier molecular flexibility index (Phi) is 3.89. The second-order valence-corrected chi connectivity index (χ2v) is 3.82. The van der Waals surface area contributed by atoms with Crippen LogP contribution in [0.5, 0.6) is 0 Å². The molecule has 0 aromatic rings. The standard InChI is InChI=1S/C10H9N3O5/c1-6(14)2-9-7(5-11)3-8(12(15)16)4-10(9)13(17)18/h3-4,8-9H,2H2,1H3. The fourth-order valence-electron chi connectivity index (χ4n) is 1.73. The summed E-state index contributed by atoms with van der Waals surface area (Å²) in [5.74, 6) is -1.33. The zero-order valence-electron chi connectivity index (χ0n) is 9.40. The molecule has 0 saturated heterocycles. The van der Waals surface area contributed by atoms with E-state index in [1.165, 1.54) is 6.92 Å². The van der Waals surface area contributed by atoms with Crippen molar-refractivity contribution in [1.82, 2.24) is 0 Å². The van der Waals surface area contributed by atoms with E-state index < -0.39 is 27.5 Å². The van der Waals surface area contributed by atoms with Crippen LogP contribution in [-0.4, -0.2) is 21.7 Å². The number of carbonyl (C=O) groups is 1. The van der Waals surface area contributed by atoms with Gasteiger partial charge < -0.3 is 0 Å². The van der Waals surface area contributed by atoms with Crippen molar-refractivity contribution in [1.29, 1.82) is 5.26 Å². The molecule has 18 heavy (non-hydrogen) atoms. The third-order valence-electron chi connectivity index (χ3n) is 2.50. The normalized spacial score (nSPS) is 22.4. The van der Waals surface area contributed by atoms with Crippen molar-refractivity contribution < 1.29 is 14.6 Å². The van der Waals surface area contributed by atoms with Gasteiger partial charge in [0.05, 0.1) is 23.0 Å². The fraction of sp³-hybridized carbons (Fsp3) is 0.400. The molecule has 94 valence electrons. The number of ketones is 1. The van der Waals surface area contributed by atoms with Gasteiger partial charge in [-0.25, -0.2) is 0 Å². The van der Waals surface area contributed by atoms with Crippen LogP contribution in [0, 0.1) is 37.5 Å². The Balaban J connectivity index is 3.23. The predicted molar refractivity (Wildman–Crippen MR) is 58.3 cm³/mol. The molecule has 0 spiro atoms. The highest BCUT2D eigenvalue weighted by Gasteiger charge is 2.37. The summed E-state index contributed by atoms with van der Waals surface area (Å²) in [5, 5.41) is 30.3. The van der Waals surface area contributed by atoms with Crippen molar-refractivity contribution in [2.24, 2.45) is 5.92 Å². The first-order valence-corrected chi connectivity index (χ1v) is 4.97. The molecule has 8 nitrogen and oxygen atoms in total. The molecule has 1 aliphatic carbocycles. The van der Waals surface area contributed by atoms with Crippen LogP contribution in [0.3, 0.4) is 0 Å². The summed E-state index contributed by atoms with van der Waals surface area (Å²) in [6.07, 6.45) is 1.70. The molecule has 0 aromatic carbocycles. The molecule has 0 saturated carbocycles. The van der Waals surface area contributed by atoms with E-state index in [2.05, 4.69) is 0 Å². The Morgan fingerprint density at radius 2 is 2.06 bits per heavy atom. The number of rotatable bonds is 4. The summed E-state index contributed by atoms with van der Waals surface area (Å²) in [5.41, 5.74) is -0.577. The smallest absolute Gasteiger partial charge is 0.258 e. The van der Waals surface area contributed by atoms with Crippen LogP contribution >= 0.6 is 0 Å². The molecule has 0 amide bonds. The Morgan fingerprint density at radius 3 is 2.44 bits per heavy atom. The third-order valence-corrected chi connectivity index (χ3v) is 2.50. The van der Waals surface area contributed by atoms with E-state index in [1.807, 2.05) is 0 Å². The molecule has 1 aliphatic rings. The van der Waals surface area contributed by atoms with E-state index >= 15 is 0 Å². The lowest BCUT2D eigenvalue weighted by atomic mass is 9.86. The molecule has 2 unspecified atom stereocenters. The average Bonchev–Trinajstić information content (AvgIpc) is 2.27. The van der Waals surface area contributed by atoms with E-state index in [9.17, 15) is 25.0 Å². The Bertz CT molecular complexity index is 514. The number of Topliss-reactive ketones (excluding diaryl/α,β-unsaturated/α-hetero) is 1. The topological polar surface area (TPSA) is 127 Å². The quantitative estimate of drug-likeness (QED) is 0.538. The van der Waals surface area contributed by atoms with E-state index in [4.69, 9.17) is 5.26 Å². The highest BCUT2D eigenvalue weighted by atomic mass is 16.6. The first-order chi connectivity index (χ1) is 8.36. The molecular weight excluding hydrogens is 242 g/mol. The van der Waals surface area contributed by atoms with Gasteiger partial charge in [-0.3, -0.25) is 25.0 Å². The Hall–Kier alpha value is -2.56. The van der Waals surface area contributed by atoms with Gasteiger partial charge in [0.1, 0.15) is 5.78 Å². The zero-order chi connectivity index (χ0) is 13.9. The van der Waals surface area contributed by atoms with Gasteiger partial charge in [0.25, 0.3) is 11.7 Å².